The average molecular weight is 451 g/mol. The Kier molecular flexibility index (Phi) is 7.29. The number of carbonyl (C=O) groups is 2. The van der Waals surface area contributed by atoms with Gasteiger partial charge in [-0.05, 0) is 49.6 Å². The summed E-state index contributed by atoms with van der Waals surface area (Å²) in [7, 11) is 0. The number of carboxylic acid groups (broad SMARTS) is 1. The number of halogens is 3. The van der Waals surface area contributed by atoms with Gasteiger partial charge in [-0.1, -0.05) is 12.1 Å². The van der Waals surface area contributed by atoms with Crippen LogP contribution >= 0.6 is 0 Å². The molecule has 2 aliphatic rings. The van der Waals surface area contributed by atoms with E-state index < -0.39 is 23.6 Å². The molecule has 1 aliphatic heterocycles. The van der Waals surface area contributed by atoms with Gasteiger partial charge in [0.2, 0.25) is 0 Å². The van der Waals surface area contributed by atoms with E-state index in [1.54, 1.807) is 4.90 Å². The molecule has 1 saturated carbocycles. The second-order valence-corrected chi connectivity index (χ2v) is 7.58. The molecule has 2 heterocycles. The lowest BCUT2D eigenvalue weighted by atomic mass is 10.1. The second kappa shape index (κ2) is 9.94. The van der Waals surface area contributed by atoms with E-state index in [-0.39, 0.29) is 24.3 Å². The second-order valence-electron chi connectivity index (χ2n) is 7.58. The largest absolute Gasteiger partial charge is 0.476 e. The van der Waals surface area contributed by atoms with Crippen LogP contribution in [0.4, 0.5) is 19.0 Å². The lowest BCUT2D eigenvalue weighted by molar-refractivity contribution is -0.138. The summed E-state index contributed by atoms with van der Waals surface area (Å²) in [5.74, 6) is -0.500. The number of alkyl halides is 3. The van der Waals surface area contributed by atoms with Crippen LogP contribution in [0.25, 0.3) is 0 Å². The minimum absolute atomic E-state index is 0.184. The lowest BCUT2D eigenvalue weighted by Crippen LogP contribution is -2.49. The van der Waals surface area contributed by atoms with Crippen LogP contribution in [0, 0.1) is 5.92 Å². The zero-order valence-corrected chi connectivity index (χ0v) is 17.3. The number of aromatic carboxylic acids is 1. The van der Waals surface area contributed by atoms with E-state index >= 15 is 0 Å². The Hall–Kier alpha value is -3.21. The number of amides is 1. The molecule has 0 bridgehead atoms. The highest BCUT2D eigenvalue weighted by Crippen LogP contribution is 2.32. The SMILES string of the molecule is NCC1CC1.O=C(O)c1ccc(N2CCN(C(=O)c3ccccc3C(F)(F)F)CC2)nn1. The predicted octanol–water partition coefficient (Wildman–Crippen LogP) is 2.51. The maximum atomic E-state index is 13.1. The number of hydrogen-bond donors (Lipinski definition) is 2. The zero-order valence-electron chi connectivity index (χ0n) is 17.3. The first-order chi connectivity index (χ1) is 15.2. The molecular formula is C21H24F3N5O3. The number of nitrogens with two attached hydrogens (primary N) is 1. The summed E-state index contributed by atoms with van der Waals surface area (Å²) in [5, 5.41) is 16.3. The monoisotopic (exact) mass is 451 g/mol. The smallest absolute Gasteiger partial charge is 0.417 e. The Morgan fingerprint density at radius 3 is 2.16 bits per heavy atom. The van der Waals surface area contributed by atoms with Gasteiger partial charge < -0.3 is 20.6 Å². The van der Waals surface area contributed by atoms with Gasteiger partial charge in [-0.25, -0.2) is 4.79 Å². The normalized spacial score (nSPS) is 16.2. The molecule has 4 rings (SSSR count). The van der Waals surface area contributed by atoms with Crippen molar-refractivity contribution in [2.75, 3.05) is 37.6 Å². The van der Waals surface area contributed by atoms with Crippen molar-refractivity contribution in [3.05, 3.63) is 53.2 Å². The summed E-state index contributed by atoms with van der Waals surface area (Å²) in [5.41, 5.74) is 3.73. The third-order valence-corrected chi connectivity index (χ3v) is 5.25. The van der Waals surface area contributed by atoms with Gasteiger partial charge in [-0.3, -0.25) is 4.79 Å². The number of carbonyl (C=O) groups excluding carboxylic acids is 1. The van der Waals surface area contributed by atoms with Crippen molar-refractivity contribution in [3.63, 3.8) is 0 Å². The molecule has 0 atom stereocenters. The van der Waals surface area contributed by atoms with E-state index in [0.29, 0.717) is 18.9 Å². The number of rotatable bonds is 4. The van der Waals surface area contributed by atoms with Crippen LogP contribution < -0.4 is 10.6 Å². The Morgan fingerprint density at radius 1 is 1.03 bits per heavy atom. The molecule has 3 N–H and O–H groups in total. The number of anilines is 1. The summed E-state index contributed by atoms with van der Waals surface area (Å²) in [6.45, 7) is 2.04. The van der Waals surface area contributed by atoms with Crippen molar-refractivity contribution in [2.24, 2.45) is 11.7 Å². The predicted molar refractivity (Wildman–Crippen MR) is 110 cm³/mol. The van der Waals surface area contributed by atoms with Crippen molar-refractivity contribution < 1.29 is 27.9 Å². The van der Waals surface area contributed by atoms with Crippen molar-refractivity contribution in [2.45, 2.75) is 19.0 Å². The molecule has 172 valence electrons. The van der Waals surface area contributed by atoms with Gasteiger partial charge in [0.25, 0.3) is 5.91 Å². The Labute approximate surface area is 182 Å². The van der Waals surface area contributed by atoms with Crippen molar-refractivity contribution in [3.8, 4) is 0 Å². The first-order valence-corrected chi connectivity index (χ1v) is 10.2. The third kappa shape index (κ3) is 5.94. The Bertz CT molecular complexity index is 940. The number of nitrogens with zero attached hydrogens (tertiary/aromatic N) is 4. The van der Waals surface area contributed by atoms with Gasteiger partial charge in [0.05, 0.1) is 11.1 Å². The molecule has 1 aliphatic carbocycles. The van der Waals surface area contributed by atoms with Crippen molar-refractivity contribution >= 4 is 17.7 Å². The first kappa shape index (κ1) is 23.5. The molecule has 0 spiro atoms. The van der Waals surface area contributed by atoms with Crippen LogP contribution in [0.15, 0.2) is 36.4 Å². The molecule has 11 heteroatoms. The molecule has 0 unspecified atom stereocenters. The summed E-state index contributed by atoms with van der Waals surface area (Å²) in [6, 6.07) is 7.54. The first-order valence-electron chi connectivity index (χ1n) is 10.2. The summed E-state index contributed by atoms with van der Waals surface area (Å²) in [6.07, 6.45) is -1.83. The van der Waals surface area contributed by atoms with Crippen LogP contribution in [-0.4, -0.2) is 64.8 Å². The van der Waals surface area contributed by atoms with Gasteiger partial charge in [-0.2, -0.15) is 13.2 Å². The van der Waals surface area contributed by atoms with E-state index in [0.717, 1.165) is 18.5 Å². The van der Waals surface area contributed by atoms with Crippen LogP contribution in [0.1, 0.15) is 39.3 Å². The summed E-state index contributed by atoms with van der Waals surface area (Å²) >= 11 is 0. The fraction of sp³-hybridized carbons (Fsp3) is 0.429. The van der Waals surface area contributed by atoms with Crippen molar-refractivity contribution in [1.29, 1.82) is 0 Å². The van der Waals surface area contributed by atoms with Gasteiger partial charge in [-0.15, -0.1) is 10.2 Å². The maximum absolute atomic E-state index is 13.1. The molecule has 0 radical (unpaired) electrons. The molecule has 1 aromatic heterocycles. The zero-order chi connectivity index (χ0) is 23.3. The van der Waals surface area contributed by atoms with Crippen molar-refractivity contribution in [1.82, 2.24) is 15.1 Å². The summed E-state index contributed by atoms with van der Waals surface area (Å²) < 4.78 is 39.3. The van der Waals surface area contributed by atoms with Crippen LogP contribution in [-0.2, 0) is 6.18 Å². The molecule has 2 fully saturated rings. The molecule has 1 amide bonds. The average Bonchev–Trinajstić information content (AvgIpc) is 3.63. The third-order valence-electron chi connectivity index (χ3n) is 5.25. The molecule has 1 saturated heterocycles. The van der Waals surface area contributed by atoms with E-state index in [2.05, 4.69) is 10.2 Å². The minimum Gasteiger partial charge on any atom is -0.476 e. The van der Waals surface area contributed by atoms with E-state index in [4.69, 9.17) is 10.8 Å². The van der Waals surface area contributed by atoms with Gasteiger partial charge >= 0.3 is 12.1 Å². The number of benzene rings is 1. The molecule has 32 heavy (non-hydrogen) atoms. The number of piperazine rings is 1. The maximum Gasteiger partial charge on any atom is 0.417 e. The van der Waals surface area contributed by atoms with Gasteiger partial charge in [0.15, 0.2) is 11.5 Å². The Balaban J connectivity index is 0.000000509. The van der Waals surface area contributed by atoms with Crippen LogP contribution in [0.3, 0.4) is 0 Å². The molecule has 8 nitrogen and oxygen atoms in total. The quantitative estimate of drug-likeness (QED) is 0.735. The fourth-order valence-corrected chi connectivity index (χ4v) is 3.19. The molecule has 1 aromatic carbocycles. The highest BCUT2D eigenvalue weighted by Gasteiger charge is 2.36. The number of carboxylic acids is 1. The fourth-order valence-electron chi connectivity index (χ4n) is 3.19. The van der Waals surface area contributed by atoms with E-state index in [9.17, 15) is 22.8 Å². The van der Waals surface area contributed by atoms with Gasteiger partial charge in [0.1, 0.15) is 0 Å². The number of hydrogen-bond acceptors (Lipinski definition) is 6. The van der Waals surface area contributed by atoms with E-state index in [1.165, 1.54) is 48.1 Å². The van der Waals surface area contributed by atoms with Crippen LogP contribution in [0.2, 0.25) is 0 Å². The lowest BCUT2D eigenvalue weighted by Gasteiger charge is -2.35. The van der Waals surface area contributed by atoms with E-state index in [1.807, 2.05) is 0 Å². The standard InChI is InChI=1S/C17H15F3N4O3.C4H9N/c18-17(19,20)12-4-2-1-3-11(12)15(25)24-9-7-23(8-10-24)14-6-5-13(16(26)27)21-22-14;5-3-4-1-2-4/h1-6H,7-10H2,(H,26,27);4H,1-3,5H2. The minimum atomic E-state index is -4.60. The summed E-state index contributed by atoms with van der Waals surface area (Å²) in [4.78, 5) is 26.5. The highest BCUT2D eigenvalue weighted by molar-refractivity contribution is 5.96. The topological polar surface area (TPSA) is 113 Å². The van der Waals surface area contributed by atoms with Gasteiger partial charge in [0, 0.05) is 26.2 Å². The molecular weight excluding hydrogens is 427 g/mol. The highest BCUT2D eigenvalue weighted by atomic mass is 19.4. The Morgan fingerprint density at radius 2 is 1.69 bits per heavy atom. The van der Waals surface area contributed by atoms with Crippen LogP contribution in [0.5, 0.6) is 0 Å². The number of aromatic nitrogens is 2. The molecule has 2 aromatic rings.